The number of guanidine groups is 1. The minimum atomic E-state index is 0. The SMILES string of the molecule is CN=C(NCc1cccc(CN2CCCC2=O)c1)NC1CCCN(c2cccc(OC)c2)C1.I. The highest BCUT2D eigenvalue weighted by molar-refractivity contribution is 14.0. The molecule has 34 heavy (non-hydrogen) atoms. The minimum Gasteiger partial charge on any atom is -0.497 e. The number of piperidine rings is 1. The zero-order chi connectivity index (χ0) is 23.0. The van der Waals surface area contributed by atoms with Gasteiger partial charge in [-0.05, 0) is 42.5 Å². The molecule has 2 heterocycles. The van der Waals surface area contributed by atoms with E-state index in [0.29, 0.717) is 25.6 Å². The zero-order valence-electron chi connectivity index (χ0n) is 20.1. The van der Waals surface area contributed by atoms with Gasteiger partial charge in [-0.25, -0.2) is 0 Å². The summed E-state index contributed by atoms with van der Waals surface area (Å²) < 4.78 is 5.39. The monoisotopic (exact) mass is 577 g/mol. The number of benzene rings is 2. The molecule has 2 N–H and O–H groups in total. The second-order valence-corrected chi connectivity index (χ2v) is 8.80. The highest BCUT2D eigenvalue weighted by Gasteiger charge is 2.22. The van der Waals surface area contributed by atoms with Gasteiger partial charge in [0.2, 0.25) is 5.91 Å². The number of likely N-dealkylation sites (tertiary alicyclic amines) is 1. The second-order valence-electron chi connectivity index (χ2n) is 8.80. The van der Waals surface area contributed by atoms with Gasteiger partial charge in [-0.3, -0.25) is 9.79 Å². The summed E-state index contributed by atoms with van der Waals surface area (Å²) in [6.07, 6.45) is 3.89. The third-order valence-corrected chi connectivity index (χ3v) is 6.40. The molecule has 8 heteroatoms. The third-order valence-electron chi connectivity index (χ3n) is 6.40. The number of aliphatic imine (C=N–C) groups is 1. The van der Waals surface area contributed by atoms with Crippen LogP contribution in [0.2, 0.25) is 0 Å². The molecule has 0 aromatic heterocycles. The Labute approximate surface area is 220 Å². The number of carbonyl (C=O) groups is 1. The normalized spacial score (nSPS) is 18.5. The molecule has 2 saturated heterocycles. The average molecular weight is 578 g/mol. The number of halogens is 1. The largest absolute Gasteiger partial charge is 0.497 e. The van der Waals surface area contributed by atoms with Gasteiger partial charge >= 0.3 is 0 Å². The van der Waals surface area contributed by atoms with Crippen molar-refractivity contribution in [2.24, 2.45) is 4.99 Å². The van der Waals surface area contributed by atoms with Gasteiger partial charge in [-0.15, -0.1) is 24.0 Å². The molecule has 0 saturated carbocycles. The van der Waals surface area contributed by atoms with Gasteiger partial charge < -0.3 is 25.2 Å². The lowest BCUT2D eigenvalue weighted by molar-refractivity contribution is -0.128. The number of hydrogen-bond donors (Lipinski definition) is 2. The minimum absolute atomic E-state index is 0. The van der Waals surface area contributed by atoms with Crippen LogP contribution in [-0.2, 0) is 17.9 Å². The number of nitrogens with zero attached hydrogens (tertiary/aromatic N) is 3. The molecule has 2 aliphatic heterocycles. The summed E-state index contributed by atoms with van der Waals surface area (Å²) in [5, 5.41) is 7.05. The first kappa shape index (κ1) is 26.1. The van der Waals surface area contributed by atoms with Crippen LogP contribution < -0.4 is 20.3 Å². The molecule has 1 unspecified atom stereocenters. The molecule has 2 aromatic rings. The molecule has 2 fully saturated rings. The molecule has 4 rings (SSSR count). The van der Waals surface area contributed by atoms with Crippen molar-refractivity contribution in [1.29, 1.82) is 0 Å². The van der Waals surface area contributed by atoms with Crippen molar-refractivity contribution in [2.45, 2.75) is 44.8 Å². The fourth-order valence-corrected chi connectivity index (χ4v) is 4.64. The van der Waals surface area contributed by atoms with Gasteiger partial charge in [0.25, 0.3) is 0 Å². The second kappa shape index (κ2) is 12.8. The van der Waals surface area contributed by atoms with Gasteiger partial charge in [0.15, 0.2) is 5.96 Å². The Bertz CT molecular complexity index is 983. The van der Waals surface area contributed by atoms with E-state index in [2.05, 4.69) is 56.9 Å². The smallest absolute Gasteiger partial charge is 0.222 e. The van der Waals surface area contributed by atoms with Crippen LogP contribution in [0.1, 0.15) is 36.8 Å². The first-order valence-electron chi connectivity index (χ1n) is 11.9. The van der Waals surface area contributed by atoms with Crippen LogP contribution in [0.15, 0.2) is 53.5 Å². The fourth-order valence-electron chi connectivity index (χ4n) is 4.64. The Morgan fingerprint density at radius 3 is 2.71 bits per heavy atom. The predicted molar refractivity (Wildman–Crippen MR) is 148 cm³/mol. The molecule has 184 valence electrons. The predicted octanol–water partition coefficient (Wildman–Crippen LogP) is 3.77. The van der Waals surface area contributed by atoms with Crippen molar-refractivity contribution in [3.8, 4) is 5.75 Å². The molecular formula is C26H36IN5O2. The van der Waals surface area contributed by atoms with Crippen molar-refractivity contribution in [2.75, 3.05) is 38.7 Å². The highest BCUT2D eigenvalue weighted by atomic mass is 127. The van der Waals surface area contributed by atoms with E-state index in [0.717, 1.165) is 50.6 Å². The molecule has 0 spiro atoms. The van der Waals surface area contributed by atoms with Gasteiger partial charge in [0.1, 0.15) is 5.75 Å². The number of anilines is 1. The summed E-state index contributed by atoms with van der Waals surface area (Å²) in [5.74, 6) is 1.96. The first-order valence-corrected chi connectivity index (χ1v) is 11.9. The summed E-state index contributed by atoms with van der Waals surface area (Å²) in [4.78, 5) is 20.7. The van der Waals surface area contributed by atoms with E-state index in [4.69, 9.17) is 4.74 Å². The highest BCUT2D eigenvalue weighted by Crippen LogP contribution is 2.24. The van der Waals surface area contributed by atoms with Crippen LogP contribution in [0, 0.1) is 0 Å². The van der Waals surface area contributed by atoms with E-state index < -0.39 is 0 Å². The number of rotatable bonds is 7. The van der Waals surface area contributed by atoms with E-state index in [-0.39, 0.29) is 29.9 Å². The number of nitrogens with one attached hydrogen (secondary N) is 2. The fraction of sp³-hybridized carbons (Fsp3) is 0.462. The van der Waals surface area contributed by atoms with Gasteiger partial charge in [0, 0.05) is 64.0 Å². The van der Waals surface area contributed by atoms with E-state index >= 15 is 0 Å². The van der Waals surface area contributed by atoms with E-state index in [1.807, 2.05) is 24.1 Å². The van der Waals surface area contributed by atoms with Gasteiger partial charge in [-0.2, -0.15) is 0 Å². The molecule has 0 aliphatic carbocycles. The lowest BCUT2D eigenvalue weighted by Crippen LogP contribution is -2.51. The van der Waals surface area contributed by atoms with Crippen molar-refractivity contribution in [3.63, 3.8) is 0 Å². The maximum absolute atomic E-state index is 11.9. The van der Waals surface area contributed by atoms with Crippen LogP contribution in [0.5, 0.6) is 5.75 Å². The summed E-state index contributed by atoms with van der Waals surface area (Å²) in [5.41, 5.74) is 3.55. The van der Waals surface area contributed by atoms with Crippen LogP contribution in [0.4, 0.5) is 5.69 Å². The zero-order valence-corrected chi connectivity index (χ0v) is 22.5. The van der Waals surface area contributed by atoms with E-state index in [1.165, 1.54) is 16.8 Å². The Morgan fingerprint density at radius 1 is 1.12 bits per heavy atom. The lowest BCUT2D eigenvalue weighted by atomic mass is 10.0. The maximum atomic E-state index is 11.9. The van der Waals surface area contributed by atoms with Crippen LogP contribution in [-0.4, -0.2) is 56.6 Å². The first-order chi connectivity index (χ1) is 16.1. The van der Waals surface area contributed by atoms with Gasteiger partial charge in [0.05, 0.1) is 7.11 Å². The quantitative estimate of drug-likeness (QED) is 0.298. The number of methoxy groups -OCH3 is 1. The standard InChI is InChI=1S/C26H35N5O2.HI/c1-27-26(28-17-20-7-3-8-21(15-20)18-31-14-6-12-25(31)32)29-22-9-5-13-30(19-22)23-10-4-11-24(16-23)33-2;/h3-4,7-8,10-11,15-16,22H,5-6,9,12-14,17-19H2,1-2H3,(H2,27,28,29);1H. The average Bonchev–Trinajstić information content (AvgIpc) is 3.26. The number of amides is 1. The Hall–Kier alpha value is -2.49. The summed E-state index contributed by atoms with van der Waals surface area (Å²) in [6, 6.07) is 17.0. The summed E-state index contributed by atoms with van der Waals surface area (Å²) in [6.45, 7) is 4.22. The number of carbonyl (C=O) groups excluding carboxylic acids is 1. The molecule has 7 nitrogen and oxygen atoms in total. The van der Waals surface area contributed by atoms with Crippen molar-refractivity contribution in [3.05, 3.63) is 59.7 Å². The molecule has 2 aromatic carbocycles. The van der Waals surface area contributed by atoms with E-state index in [1.54, 1.807) is 7.11 Å². The van der Waals surface area contributed by atoms with Gasteiger partial charge in [-0.1, -0.05) is 30.3 Å². The Kier molecular flexibility index (Phi) is 9.86. The van der Waals surface area contributed by atoms with Crippen LogP contribution in [0.3, 0.4) is 0 Å². The number of hydrogen-bond acceptors (Lipinski definition) is 4. The summed E-state index contributed by atoms with van der Waals surface area (Å²) in [7, 11) is 3.52. The van der Waals surface area contributed by atoms with Crippen molar-refractivity contribution >= 4 is 41.5 Å². The summed E-state index contributed by atoms with van der Waals surface area (Å²) >= 11 is 0. The van der Waals surface area contributed by atoms with Crippen molar-refractivity contribution in [1.82, 2.24) is 15.5 Å². The topological polar surface area (TPSA) is 69.2 Å². The van der Waals surface area contributed by atoms with E-state index in [9.17, 15) is 4.79 Å². The van der Waals surface area contributed by atoms with Crippen LogP contribution >= 0.6 is 24.0 Å². The lowest BCUT2D eigenvalue weighted by Gasteiger charge is -2.35. The van der Waals surface area contributed by atoms with Crippen molar-refractivity contribution < 1.29 is 9.53 Å². The third kappa shape index (κ3) is 7.01. The Balaban J connectivity index is 0.00000324. The Morgan fingerprint density at radius 2 is 1.94 bits per heavy atom. The molecule has 1 atom stereocenters. The molecule has 0 radical (unpaired) electrons. The number of ether oxygens (including phenoxy) is 1. The maximum Gasteiger partial charge on any atom is 0.222 e. The molecule has 0 bridgehead atoms. The van der Waals surface area contributed by atoms with Crippen LogP contribution in [0.25, 0.3) is 0 Å². The molecule has 2 aliphatic rings. The molecular weight excluding hydrogens is 541 g/mol. The molecule has 1 amide bonds.